The largest absolute Gasteiger partial charge is 0.354 e. The van der Waals surface area contributed by atoms with Gasteiger partial charge in [0.1, 0.15) is 0 Å². The lowest BCUT2D eigenvalue weighted by atomic mass is 9.98. The number of nitrogens with zero attached hydrogens (tertiary/aromatic N) is 1. The molecule has 164 valence electrons. The smallest absolute Gasteiger partial charge is 0.252 e. The van der Waals surface area contributed by atoms with E-state index in [0.29, 0.717) is 26.2 Å². The first-order valence-corrected chi connectivity index (χ1v) is 11.9. The Bertz CT molecular complexity index is 1190. The average Bonchev–Trinajstić information content (AvgIpc) is 3.34. The van der Waals surface area contributed by atoms with E-state index in [1.54, 1.807) is 0 Å². The van der Waals surface area contributed by atoms with Crippen molar-refractivity contribution in [3.05, 3.63) is 79.3 Å². The topological polar surface area (TPSA) is 61.4 Å². The van der Waals surface area contributed by atoms with Crippen molar-refractivity contribution in [2.24, 2.45) is 0 Å². The van der Waals surface area contributed by atoms with Crippen LogP contribution in [0.2, 0.25) is 5.02 Å². The minimum absolute atomic E-state index is 0.0377. The van der Waals surface area contributed by atoms with Gasteiger partial charge in [0.25, 0.3) is 5.91 Å². The molecule has 0 unspecified atom stereocenters. The second-order valence-corrected chi connectivity index (χ2v) is 9.76. The van der Waals surface area contributed by atoms with Gasteiger partial charge in [-0.2, -0.15) is 0 Å². The van der Waals surface area contributed by atoms with Crippen LogP contribution in [0.5, 0.6) is 0 Å². The number of rotatable bonds is 5. The van der Waals surface area contributed by atoms with Gasteiger partial charge in [-0.3, -0.25) is 14.5 Å². The van der Waals surface area contributed by atoms with Gasteiger partial charge in [-0.1, -0.05) is 45.7 Å². The number of carbonyl (C=O) groups excluding carboxylic acids is 2. The number of halogens is 2. The summed E-state index contributed by atoms with van der Waals surface area (Å²) >= 11 is 9.75. The lowest BCUT2D eigenvalue weighted by Gasteiger charge is -2.26. The number of hydrogen-bond donors (Lipinski definition) is 2. The highest BCUT2D eigenvalue weighted by Crippen LogP contribution is 2.42. The predicted molar refractivity (Wildman–Crippen MR) is 130 cm³/mol. The molecule has 0 aromatic heterocycles. The lowest BCUT2D eigenvalue weighted by molar-refractivity contribution is -0.124. The Morgan fingerprint density at radius 3 is 2.88 bits per heavy atom. The number of benzene rings is 2. The van der Waals surface area contributed by atoms with E-state index in [9.17, 15) is 9.59 Å². The fourth-order valence-corrected chi connectivity index (χ4v) is 5.31. The summed E-state index contributed by atoms with van der Waals surface area (Å²) in [6.07, 6.45) is 3.70. The Hall–Kier alpha value is -2.41. The quantitative estimate of drug-likeness (QED) is 0.644. The van der Waals surface area contributed by atoms with Crippen LogP contribution in [0.15, 0.2) is 52.0 Å². The summed E-state index contributed by atoms with van der Waals surface area (Å²) in [7, 11) is 0. The van der Waals surface area contributed by atoms with Crippen molar-refractivity contribution in [1.29, 1.82) is 0 Å². The van der Waals surface area contributed by atoms with Crippen molar-refractivity contribution in [3.8, 4) is 0 Å². The maximum Gasteiger partial charge on any atom is 0.252 e. The highest BCUT2D eigenvalue weighted by Gasteiger charge is 2.30. The van der Waals surface area contributed by atoms with Gasteiger partial charge in [0.15, 0.2) is 0 Å². The van der Waals surface area contributed by atoms with Gasteiger partial charge in [-0.25, -0.2) is 0 Å². The Kier molecular flexibility index (Phi) is 5.93. The molecule has 5 nitrogen and oxygen atoms in total. The van der Waals surface area contributed by atoms with Crippen LogP contribution in [0.3, 0.4) is 0 Å². The van der Waals surface area contributed by atoms with Gasteiger partial charge in [-0.05, 0) is 70.5 Å². The molecule has 0 radical (unpaired) electrons. The molecule has 2 aromatic carbocycles. The molecule has 2 aliphatic carbocycles. The van der Waals surface area contributed by atoms with Crippen LogP contribution in [-0.4, -0.2) is 49.4 Å². The van der Waals surface area contributed by atoms with E-state index in [2.05, 4.69) is 49.7 Å². The third-order valence-electron chi connectivity index (χ3n) is 6.27. The van der Waals surface area contributed by atoms with Gasteiger partial charge < -0.3 is 10.6 Å². The molecule has 32 heavy (non-hydrogen) atoms. The summed E-state index contributed by atoms with van der Waals surface area (Å²) in [6, 6.07) is 12.1. The normalized spacial score (nSPS) is 17.7. The monoisotopic (exact) mass is 511 g/mol. The Morgan fingerprint density at radius 1 is 1.16 bits per heavy atom. The van der Waals surface area contributed by atoms with Crippen molar-refractivity contribution in [1.82, 2.24) is 15.5 Å². The lowest BCUT2D eigenvalue weighted by Crippen LogP contribution is -2.49. The summed E-state index contributed by atoms with van der Waals surface area (Å²) in [5, 5.41) is 6.64. The fourth-order valence-electron chi connectivity index (χ4n) is 4.72. The first kappa shape index (κ1) is 21.4. The van der Waals surface area contributed by atoms with Crippen LogP contribution in [0, 0.1) is 0 Å². The van der Waals surface area contributed by atoms with Gasteiger partial charge in [-0.15, -0.1) is 0 Å². The number of piperazine rings is 1. The van der Waals surface area contributed by atoms with Gasteiger partial charge in [0.05, 0.1) is 12.1 Å². The van der Waals surface area contributed by atoms with E-state index >= 15 is 0 Å². The Labute approximate surface area is 200 Å². The highest BCUT2D eigenvalue weighted by atomic mass is 79.9. The average molecular weight is 513 g/mol. The van der Waals surface area contributed by atoms with Crippen LogP contribution in [0.1, 0.15) is 22.3 Å². The molecule has 1 heterocycles. The zero-order valence-corrected chi connectivity index (χ0v) is 19.9. The maximum atomic E-state index is 13.4. The summed E-state index contributed by atoms with van der Waals surface area (Å²) in [5.74, 6) is -0.0202. The van der Waals surface area contributed by atoms with Crippen LogP contribution in [-0.2, 0) is 22.4 Å². The van der Waals surface area contributed by atoms with Crippen LogP contribution < -0.4 is 10.6 Å². The van der Waals surface area contributed by atoms with Crippen molar-refractivity contribution in [2.45, 2.75) is 12.8 Å². The number of amides is 2. The molecule has 1 saturated heterocycles. The number of carbonyl (C=O) groups is 2. The molecule has 3 aliphatic rings. The predicted octanol–water partition coefficient (Wildman–Crippen LogP) is 3.60. The van der Waals surface area contributed by atoms with Crippen molar-refractivity contribution >= 4 is 51.0 Å². The molecule has 0 bridgehead atoms. The second-order valence-electron chi connectivity index (χ2n) is 8.40. The molecule has 0 atom stereocenters. The van der Waals surface area contributed by atoms with Crippen molar-refractivity contribution < 1.29 is 9.59 Å². The molecule has 1 aliphatic heterocycles. The first-order valence-electron chi connectivity index (χ1n) is 10.8. The van der Waals surface area contributed by atoms with E-state index in [1.165, 1.54) is 11.1 Å². The molecule has 5 rings (SSSR count). The van der Waals surface area contributed by atoms with Crippen LogP contribution in [0.4, 0.5) is 0 Å². The number of nitrogens with one attached hydrogen (secondary N) is 2. The van der Waals surface area contributed by atoms with Crippen LogP contribution >= 0.6 is 27.5 Å². The summed E-state index contributed by atoms with van der Waals surface area (Å²) in [6.45, 7) is 3.00. The second kappa shape index (κ2) is 8.85. The van der Waals surface area contributed by atoms with Gasteiger partial charge >= 0.3 is 0 Å². The number of allylic oxidation sites excluding steroid dienone is 2. The molecular formula is C25H23BrClN3O2. The molecule has 7 heteroatoms. The van der Waals surface area contributed by atoms with E-state index < -0.39 is 0 Å². The number of fused-ring (bicyclic) bond motifs is 2. The van der Waals surface area contributed by atoms with E-state index in [0.717, 1.165) is 56.7 Å². The molecular weight excluding hydrogens is 490 g/mol. The maximum absolute atomic E-state index is 13.4. The van der Waals surface area contributed by atoms with Crippen molar-refractivity contribution in [2.75, 3.05) is 32.7 Å². The van der Waals surface area contributed by atoms with Gasteiger partial charge in [0, 0.05) is 35.7 Å². The fraction of sp³-hybridized carbons (Fsp3) is 0.280. The molecule has 0 saturated carbocycles. The molecule has 2 aromatic rings. The molecule has 2 N–H and O–H groups in total. The van der Waals surface area contributed by atoms with Crippen molar-refractivity contribution in [3.63, 3.8) is 0 Å². The van der Waals surface area contributed by atoms with Gasteiger partial charge in [0.2, 0.25) is 5.91 Å². The van der Waals surface area contributed by atoms with Crippen LogP contribution in [0.25, 0.3) is 11.6 Å². The summed E-state index contributed by atoms with van der Waals surface area (Å²) in [4.78, 5) is 27.0. The third kappa shape index (κ3) is 4.27. The standard InChI is InChI=1S/C25H23BrClN3O2/c26-19-2-4-21-18(11-19)13-22(17-9-15-1-3-20(27)12-16(15)10-17)24(21)25(32)29-6-8-30-7-5-28-23(31)14-30/h1-4,10-12H,5-9,13-14H2,(H,28,31)(H,29,32). The third-order valence-corrected chi connectivity index (χ3v) is 7.00. The SMILES string of the molecule is O=C1CN(CCNC(=O)C2=C(C3=Cc4cc(Cl)ccc4C3)Cc3cc(Br)ccc32)CCN1. The minimum atomic E-state index is -0.0579. The van der Waals surface area contributed by atoms with E-state index in [-0.39, 0.29) is 11.8 Å². The first-order chi connectivity index (χ1) is 15.5. The highest BCUT2D eigenvalue weighted by molar-refractivity contribution is 9.10. The molecule has 0 spiro atoms. The zero-order chi connectivity index (χ0) is 22.2. The molecule has 2 amide bonds. The molecule has 1 fully saturated rings. The van der Waals surface area contributed by atoms with E-state index in [1.807, 2.05) is 24.3 Å². The minimum Gasteiger partial charge on any atom is -0.354 e. The Balaban J connectivity index is 1.39. The van der Waals surface area contributed by atoms with E-state index in [4.69, 9.17) is 11.6 Å². The Morgan fingerprint density at radius 2 is 2.03 bits per heavy atom. The number of hydrogen-bond acceptors (Lipinski definition) is 3. The summed E-state index contributed by atoms with van der Waals surface area (Å²) in [5.41, 5.74) is 7.52. The summed E-state index contributed by atoms with van der Waals surface area (Å²) < 4.78 is 1.01. The zero-order valence-electron chi connectivity index (χ0n) is 17.5.